The summed E-state index contributed by atoms with van der Waals surface area (Å²) in [6.45, 7) is 1.74. The van der Waals surface area contributed by atoms with Crippen LogP contribution in [0.25, 0.3) is 11.3 Å². The van der Waals surface area contributed by atoms with E-state index in [9.17, 15) is 4.79 Å². The molecule has 0 saturated carbocycles. The van der Waals surface area contributed by atoms with Crippen molar-refractivity contribution in [2.45, 2.75) is 6.92 Å². The van der Waals surface area contributed by atoms with Crippen molar-refractivity contribution >= 4 is 5.65 Å². The lowest BCUT2D eigenvalue weighted by Gasteiger charge is -2.05. The topological polar surface area (TPSA) is 78.0 Å². The molecule has 0 aliphatic carbocycles. The van der Waals surface area contributed by atoms with Crippen LogP contribution in [0.1, 0.15) is 5.82 Å². The van der Waals surface area contributed by atoms with Gasteiger partial charge < -0.3 is 0 Å². The first-order chi connectivity index (χ1) is 8.27. The molecule has 0 unspecified atom stereocenters. The summed E-state index contributed by atoms with van der Waals surface area (Å²) in [6, 6.07) is 9.15. The predicted molar refractivity (Wildman–Crippen MR) is 58.9 cm³/mol. The molecule has 1 aromatic carbocycles. The average Bonchev–Trinajstić information content (AvgIpc) is 2.85. The maximum atomic E-state index is 12.1. The number of rotatable bonds is 1. The van der Waals surface area contributed by atoms with Crippen LogP contribution in [-0.2, 0) is 0 Å². The van der Waals surface area contributed by atoms with Gasteiger partial charge in [-0.2, -0.15) is 9.20 Å². The third-order valence-electron chi connectivity index (χ3n) is 2.41. The van der Waals surface area contributed by atoms with Crippen molar-refractivity contribution < 1.29 is 0 Å². The number of tetrazole rings is 1. The molecule has 3 aromatic rings. The molecule has 7 heteroatoms. The van der Waals surface area contributed by atoms with E-state index in [2.05, 4.69) is 20.6 Å². The second-order valence-electron chi connectivity index (χ2n) is 3.51. The number of hydrogen-bond acceptors (Lipinski definition) is 5. The summed E-state index contributed by atoms with van der Waals surface area (Å²) in [5.41, 5.74) is 0.513. The molecular formula is C10H8N6O. The lowest BCUT2D eigenvalue weighted by atomic mass is 10.3. The number of fused-ring (bicyclic) bond motifs is 1. The molecule has 0 bridgehead atoms. The summed E-state index contributed by atoms with van der Waals surface area (Å²) in [5.74, 6) is 0.549. The summed E-state index contributed by atoms with van der Waals surface area (Å²) in [6.07, 6.45) is 0. The van der Waals surface area contributed by atoms with Crippen LogP contribution in [0, 0.1) is 6.92 Å². The van der Waals surface area contributed by atoms with Crippen LogP contribution in [0.3, 0.4) is 0 Å². The molecule has 3 rings (SSSR count). The van der Waals surface area contributed by atoms with Crippen LogP contribution in [0.15, 0.2) is 35.1 Å². The molecule has 0 saturated heterocycles. The Kier molecular flexibility index (Phi) is 1.97. The Hall–Kier alpha value is -2.57. The second kappa shape index (κ2) is 3.48. The fourth-order valence-corrected chi connectivity index (χ4v) is 1.61. The van der Waals surface area contributed by atoms with E-state index in [4.69, 9.17) is 0 Å². The third-order valence-corrected chi connectivity index (χ3v) is 2.41. The fraction of sp³-hybridized carbons (Fsp3) is 0.100. The molecule has 7 nitrogen and oxygen atoms in total. The van der Waals surface area contributed by atoms with E-state index >= 15 is 0 Å². The molecule has 2 aromatic heterocycles. The molecule has 0 amide bonds. The van der Waals surface area contributed by atoms with E-state index in [0.717, 1.165) is 0 Å². The van der Waals surface area contributed by atoms with Gasteiger partial charge in [0, 0.05) is 0 Å². The molecule has 17 heavy (non-hydrogen) atoms. The van der Waals surface area contributed by atoms with Gasteiger partial charge in [-0.3, -0.25) is 4.79 Å². The quantitative estimate of drug-likeness (QED) is 0.584. The molecule has 0 aliphatic heterocycles. The minimum absolute atomic E-state index is 0.168. The highest BCUT2D eigenvalue weighted by Crippen LogP contribution is 2.03. The van der Waals surface area contributed by atoms with Crippen molar-refractivity contribution in [3.8, 4) is 5.69 Å². The average molecular weight is 228 g/mol. The maximum Gasteiger partial charge on any atom is 0.318 e. The Morgan fingerprint density at radius 2 is 1.94 bits per heavy atom. The van der Waals surface area contributed by atoms with Crippen molar-refractivity contribution in [2.75, 3.05) is 0 Å². The van der Waals surface area contributed by atoms with Gasteiger partial charge >= 0.3 is 5.56 Å². The van der Waals surface area contributed by atoms with E-state index in [-0.39, 0.29) is 11.2 Å². The summed E-state index contributed by atoms with van der Waals surface area (Å²) < 4.78 is 2.61. The Labute approximate surface area is 95.3 Å². The van der Waals surface area contributed by atoms with Crippen molar-refractivity contribution in [3.63, 3.8) is 0 Å². The van der Waals surface area contributed by atoms with E-state index < -0.39 is 0 Å². The Balaban J connectivity index is 2.39. The fourth-order valence-electron chi connectivity index (χ4n) is 1.61. The normalized spacial score (nSPS) is 10.9. The highest BCUT2D eigenvalue weighted by atomic mass is 16.1. The van der Waals surface area contributed by atoms with Crippen LogP contribution in [-0.4, -0.2) is 29.8 Å². The molecule has 0 aliphatic rings. The van der Waals surface area contributed by atoms with Gasteiger partial charge in [0.05, 0.1) is 5.69 Å². The number of hydrogen-bond donors (Lipinski definition) is 0. The third kappa shape index (κ3) is 1.40. The first kappa shape index (κ1) is 9.64. The smallest absolute Gasteiger partial charge is 0.263 e. The lowest BCUT2D eigenvalue weighted by Crippen LogP contribution is -2.25. The van der Waals surface area contributed by atoms with Gasteiger partial charge in [-0.05, 0) is 29.5 Å². The standard InChI is InChI=1S/C10H8N6O/c1-7-12-16(8-5-3-2-4-6-8)10(17)9-11-13-14-15(7)9/h2-6H,1H3. The molecule has 84 valence electrons. The van der Waals surface area contributed by atoms with Crippen LogP contribution >= 0.6 is 0 Å². The largest absolute Gasteiger partial charge is 0.318 e. The summed E-state index contributed by atoms with van der Waals surface area (Å²) >= 11 is 0. The zero-order chi connectivity index (χ0) is 11.8. The van der Waals surface area contributed by atoms with Crippen LogP contribution in [0.2, 0.25) is 0 Å². The summed E-state index contributed by atoms with van der Waals surface area (Å²) in [5, 5.41) is 15.0. The lowest BCUT2D eigenvalue weighted by molar-refractivity contribution is 0.699. The van der Waals surface area contributed by atoms with Crippen LogP contribution < -0.4 is 5.56 Å². The van der Waals surface area contributed by atoms with Gasteiger partial charge in [0.15, 0.2) is 5.82 Å². The van der Waals surface area contributed by atoms with Crippen LogP contribution in [0.4, 0.5) is 0 Å². The summed E-state index contributed by atoms with van der Waals surface area (Å²) in [4.78, 5) is 12.1. The second-order valence-corrected chi connectivity index (χ2v) is 3.51. The molecule has 0 N–H and O–H groups in total. The van der Waals surface area contributed by atoms with Crippen molar-refractivity contribution in [2.24, 2.45) is 0 Å². The number of nitrogens with zero attached hydrogens (tertiary/aromatic N) is 6. The van der Waals surface area contributed by atoms with E-state index in [1.807, 2.05) is 18.2 Å². The number of aryl methyl sites for hydroxylation is 1. The monoisotopic (exact) mass is 228 g/mol. The minimum Gasteiger partial charge on any atom is -0.263 e. The Morgan fingerprint density at radius 3 is 2.71 bits per heavy atom. The molecular weight excluding hydrogens is 220 g/mol. The van der Waals surface area contributed by atoms with Gasteiger partial charge in [0.2, 0.25) is 5.65 Å². The molecule has 0 atom stereocenters. The number of benzene rings is 1. The van der Waals surface area contributed by atoms with Gasteiger partial charge in [-0.25, -0.2) is 0 Å². The van der Waals surface area contributed by atoms with Crippen molar-refractivity contribution in [3.05, 3.63) is 46.5 Å². The minimum atomic E-state index is -0.341. The zero-order valence-electron chi connectivity index (χ0n) is 8.98. The SMILES string of the molecule is Cc1nn(-c2ccccc2)c(=O)c2nnnn12. The maximum absolute atomic E-state index is 12.1. The first-order valence-corrected chi connectivity index (χ1v) is 5.01. The van der Waals surface area contributed by atoms with Gasteiger partial charge in [-0.1, -0.05) is 18.2 Å². The van der Waals surface area contributed by atoms with E-state index in [1.165, 1.54) is 9.20 Å². The molecule has 0 fully saturated rings. The van der Waals surface area contributed by atoms with Crippen LogP contribution in [0.5, 0.6) is 0 Å². The summed E-state index contributed by atoms with van der Waals surface area (Å²) in [7, 11) is 0. The van der Waals surface area contributed by atoms with Crippen molar-refractivity contribution in [1.29, 1.82) is 0 Å². The Morgan fingerprint density at radius 1 is 1.18 bits per heavy atom. The predicted octanol–water partition coefficient (Wildman–Crippen LogP) is -0.0214. The van der Waals surface area contributed by atoms with Gasteiger partial charge in [0.25, 0.3) is 0 Å². The zero-order valence-corrected chi connectivity index (χ0v) is 8.98. The highest BCUT2D eigenvalue weighted by molar-refractivity contribution is 5.37. The number of aromatic nitrogens is 6. The van der Waals surface area contributed by atoms with Gasteiger partial charge in [0.1, 0.15) is 0 Å². The van der Waals surface area contributed by atoms with Crippen molar-refractivity contribution in [1.82, 2.24) is 29.8 Å². The Bertz CT molecular complexity index is 729. The first-order valence-electron chi connectivity index (χ1n) is 5.01. The van der Waals surface area contributed by atoms with E-state index in [0.29, 0.717) is 11.5 Å². The number of para-hydroxylation sites is 1. The van der Waals surface area contributed by atoms with Gasteiger partial charge in [-0.15, -0.1) is 10.2 Å². The molecule has 2 heterocycles. The van der Waals surface area contributed by atoms with E-state index in [1.54, 1.807) is 19.1 Å². The molecule has 0 spiro atoms. The molecule has 0 radical (unpaired) electrons. The highest BCUT2D eigenvalue weighted by Gasteiger charge is 2.11.